The highest BCUT2D eigenvalue weighted by molar-refractivity contribution is 7.94. The van der Waals surface area contributed by atoms with Gasteiger partial charge in [-0.3, -0.25) is 5.10 Å². The van der Waals surface area contributed by atoms with Crippen molar-refractivity contribution < 1.29 is 3.89 Å². The van der Waals surface area contributed by atoms with E-state index in [1.165, 1.54) is 0 Å². The molecule has 2 nitrogen and oxygen atoms in total. The summed E-state index contributed by atoms with van der Waals surface area (Å²) < 4.78 is 12.5. The van der Waals surface area contributed by atoms with E-state index in [1.807, 2.05) is 13.0 Å². The Morgan fingerprint density at radius 1 is 1.54 bits per heavy atom. The number of nitrogens with one attached hydrogen (secondary N) is 1. The van der Waals surface area contributed by atoms with Crippen molar-refractivity contribution in [2.75, 3.05) is 0 Å². The number of fused-ring (bicyclic) bond motifs is 1. The number of halogens is 1. The molecule has 0 aliphatic carbocycles. The molecule has 0 fully saturated rings. The van der Waals surface area contributed by atoms with E-state index < -0.39 is 0 Å². The first-order valence-electron chi connectivity index (χ1n) is 4.09. The van der Waals surface area contributed by atoms with Crippen LogP contribution < -0.4 is 0 Å². The summed E-state index contributed by atoms with van der Waals surface area (Å²) in [6, 6.07) is 3.77. The molecule has 0 aliphatic rings. The Morgan fingerprint density at radius 2 is 2.38 bits per heavy atom. The van der Waals surface area contributed by atoms with Crippen molar-refractivity contribution in [1.29, 1.82) is 0 Å². The highest BCUT2D eigenvalue weighted by Gasteiger charge is 2.05. The van der Waals surface area contributed by atoms with E-state index in [1.54, 1.807) is 12.3 Å². The Bertz CT molecular complexity index is 386. The first-order chi connectivity index (χ1) is 6.35. The summed E-state index contributed by atoms with van der Waals surface area (Å²) >= 11 is 0.290. The van der Waals surface area contributed by atoms with Crippen LogP contribution in [0.25, 0.3) is 10.9 Å². The van der Waals surface area contributed by atoms with Gasteiger partial charge in [-0.25, -0.2) is 0 Å². The minimum absolute atomic E-state index is 0.290. The SMILES string of the molecule is CCc1cc2cn[nH]c2cc1SF. The molecule has 0 radical (unpaired) electrons. The van der Waals surface area contributed by atoms with Gasteiger partial charge in [0.05, 0.1) is 23.9 Å². The van der Waals surface area contributed by atoms with Gasteiger partial charge in [0.15, 0.2) is 0 Å². The average Bonchev–Trinajstić information content (AvgIpc) is 2.62. The predicted molar refractivity (Wildman–Crippen MR) is 52.4 cm³/mol. The van der Waals surface area contributed by atoms with Crippen molar-refractivity contribution in [3.05, 3.63) is 23.9 Å². The fourth-order valence-corrected chi connectivity index (χ4v) is 1.83. The van der Waals surface area contributed by atoms with Crippen LogP contribution in [0.15, 0.2) is 23.2 Å². The lowest BCUT2D eigenvalue weighted by atomic mass is 10.1. The number of aromatic amines is 1. The van der Waals surface area contributed by atoms with Gasteiger partial charge in [-0.1, -0.05) is 6.92 Å². The van der Waals surface area contributed by atoms with E-state index in [-0.39, 0.29) is 0 Å². The van der Waals surface area contributed by atoms with Crippen LogP contribution in [0.5, 0.6) is 0 Å². The van der Waals surface area contributed by atoms with Crippen LogP contribution in [0, 0.1) is 0 Å². The van der Waals surface area contributed by atoms with Crippen LogP contribution >= 0.6 is 12.1 Å². The lowest BCUT2D eigenvalue weighted by Gasteiger charge is -2.01. The molecular formula is C9H9FN2S. The molecule has 0 saturated carbocycles. The zero-order valence-corrected chi connectivity index (χ0v) is 7.99. The molecule has 2 rings (SSSR count). The molecule has 0 aliphatic heterocycles. The molecule has 0 saturated heterocycles. The average molecular weight is 196 g/mol. The zero-order valence-electron chi connectivity index (χ0n) is 7.17. The zero-order chi connectivity index (χ0) is 9.26. The van der Waals surface area contributed by atoms with Crippen LogP contribution in [-0.4, -0.2) is 10.2 Å². The number of nitrogens with zero attached hydrogens (tertiary/aromatic N) is 1. The second kappa shape index (κ2) is 3.38. The number of hydrogen-bond donors (Lipinski definition) is 1. The van der Waals surface area contributed by atoms with Gasteiger partial charge in [-0.05, 0) is 24.1 Å². The summed E-state index contributed by atoms with van der Waals surface area (Å²) in [5, 5.41) is 7.75. The molecule has 1 aromatic heterocycles. The van der Waals surface area contributed by atoms with Crippen molar-refractivity contribution in [2.24, 2.45) is 0 Å². The molecule has 0 bridgehead atoms. The normalized spacial score (nSPS) is 10.9. The molecule has 0 amide bonds. The van der Waals surface area contributed by atoms with Gasteiger partial charge in [0.1, 0.15) is 0 Å². The summed E-state index contributed by atoms with van der Waals surface area (Å²) in [5.41, 5.74) is 1.92. The number of aryl methyl sites for hydroxylation is 1. The largest absolute Gasteiger partial charge is 0.278 e. The quantitative estimate of drug-likeness (QED) is 0.799. The summed E-state index contributed by atoms with van der Waals surface area (Å²) in [7, 11) is 0. The maximum absolute atomic E-state index is 12.5. The van der Waals surface area contributed by atoms with Crippen molar-refractivity contribution >= 4 is 23.1 Å². The van der Waals surface area contributed by atoms with E-state index in [2.05, 4.69) is 10.2 Å². The molecule has 68 valence electrons. The van der Waals surface area contributed by atoms with Crippen molar-refractivity contribution in [3.63, 3.8) is 0 Å². The van der Waals surface area contributed by atoms with Gasteiger partial charge >= 0.3 is 0 Å². The topological polar surface area (TPSA) is 28.7 Å². The Kier molecular flexibility index (Phi) is 2.22. The van der Waals surface area contributed by atoms with Crippen LogP contribution in [0.1, 0.15) is 12.5 Å². The standard InChI is InChI=1S/C9H9FN2S/c1-2-6-3-7-5-11-12-8(7)4-9(6)13-10/h3-5H,2H2,1H3,(H,11,12). The summed E-state index contributed by atoms with van der Waals surface area (Å²) in [6.45, 7) is 2.01. The third-order valence-electron chi connectivity index (χ3n) is 2.09. The highest BCUT2D eigenvalue weighted by Crippen LogP contribution is 2.27. The highest BCUT2D eigenvalue weighted by atomic mass is 32.2. The van der Waals surface area contributed by atoms with Crippen molar-refractivity contribution in [1.82, 2.24) is 10.2 Å². The number of hydrogen-bond acceptors (Lipinski definition) is 2. The molecular weight excluding hydrogens is 187 g/mol. The summed E-state index contributed by atoms with van der Waals surface area (Å²) in [6.07, 6.45) is 2.59. The minimum Gasteiger partial charge on any atom is -0.278 e. The number of H-pyrrole nitrogens is 1. The lowest BCUT2D eigenvalue weighted by Crippen LogP contribution is -1.83. The number of aromatic nitrogens is 2. The number of benzene rings is 1. The molecule has 0 spiro atoms. The summed E-state index contributed by atoms with van der Waals surface area (Å²) in [5.74, 6) is 0. The Hall–Kier alpha value is -1.03. The molecule has 2 aromatic rings. The third-order valence-corrected chi connectivity index (χ3v) is 2.63. The number of rotatable bonds is 2. The van der Waals surface area contributed by atoms with Crippen molar-refractivity contribution in [3.8, 4) is 0 Å². The summed E-state index contributed by atoms with van der Waals surface area (Å²) in [4.78, 5) is 0.680. The van der Waals surface area contributed by atoms with Gasteiger partial charge in [0, 0.05) is 10.3 Å². The van der Waals surface area contributed by atoms with Crippen LogP contribution in [0.3, 0.4) is 0 Å². The van der Waals surface area contributed by atoms with Crippen LogP contribution in [0.4, 0.5) is 3.89 Å². The lowest BCUT2D eigenvalue weighted by molar-refractivity contribution is 0.927. The minimum atomic E-state index is 0.290. The molecule has 0 unspecified atom stereocenters. The van der Waals surface area contributed by atoms with E-state index in [4.69, 9.17) is 0 Å². The third kappa shape index (κ3) is 1.42. The first-order valence-corrected chi connectivity index (χ1v) is 4.81. The van der Waals surface area contributed by atoms with E-state index in [0.29, 0.717) is 17.0 Å². The van der Waals surface area contributed by atoms with E-state index >= 15 is 0 Å². The Labute approximate surface area is 79.8 Å². The van der Waals surface area contributed by atoms with Gasteiger partial charge in [-0.15, -0.1) is 0 Å². The first kappa shape index (κ1) is 8.56. The Morgan fingerprint density at radius 3 is 3.08 bits per heavy atom. The monoisotopic (exact) mass is 196 g/mol. The fraction of sp³-hybridized carbons (Fsp3) is 0.222. The maximum atomic E-state index is 12.5. The second-order valence-electron chi connectivity index (χ2n) is 2.85. The van der Waals surface area contributed by atoms with Gasteiger partial charge in [0.2, 0.25) is 0 Å². The Balaban J connectivity index is 2.67. The molecule has 0 atom stereocenters. The predicted octanol–water partition coefficient (Wildman–Crippen LogP) is 3.10. The maximum Gasteiger partial charge on any atom is 0.0815 e. The van der Waals surface area contributed by atoms with Crippen molar-refractivity contribution in [2.45, 2.75) is 18.2 Å². The second-order valence-corrected chi connectivity index (χ2v) is 3.44. The molecule has 1 N–H and O–H groups in total. The molecule has 4 heteroatoms. The van der Waals surface area contributed by atoms with E-state index in [0.717, 1.165) is 22.9 Å². The van der Waals surface area contributed by atoms with Gasteiger partial charge < -0.3 is 0 Å². The molecule has 13 heavy (non-hydrogen) atoms. The molecule has 1 aromatic carbocycles. The molecule has 1 heterocycles. The van der Waals surface area contributed by atoms with Gasteiger partial charge in [-0.2, -0.15) is 8.98 Å². The van der Waals surface area contributed by atoms with E-state index in [9.17, 15) is 3.89 Å². The van der Waals surface area contributed by atoms with Crippen LogP contribution in [0.2, 0.25) is 0 Å². The van der Waals surface area contributed by atoms with Crippen LogP contribution in [-0.2, 0) is 6.42 Å². The smallest absolute Gasteiger partial charge is 0.0815 e. The fourth-order valence-electron chi connectivity index (χ4n) is 1.37. The van der Waals surface area contributed by atoms with Gasteiger partial charge in [0.25, 0.3) is 0 Å².